The Bertz CT molecular complexity index is 468. The minimum absolute atomic E-state index is 0.196. The molecule has 0 spiro atoms. The van der Waals surface area contributed by atoms with Crippen LogP contribution in [0.25, 0.3) is 6.08 Å². The molecule has 0 fully saturated rings. The van der Waals surface area contributed by atoms with Crippen LogP contribution in [0.15, 0.2) is 30.3 Å². The Kier molecular flexibility index (Phi) is 4.92. The molecule has 0 saturated heterocycles. The molecule has 0 aliphatic heterocycles. The first kappa shape index (κ1) is 13.8. The van der Waals surface area contributed by atoms with E-state index in [0.717, 1.165) is 6.08 Å². The lowest BCUT2D eigenvalue weighted by molar-refractivity contribution is -0.131. The van der Waals surface area contributed by atoms with E-state index < -0.39 is 11.9 Å². The number of carbonyl (C=O) groups excluding carboxylic acids is 1. The van der Waals surface area contributed by atoms with Crippen molar-refractivity contribution in [3.05, 3.63) is 35.9 Å². The van der Waals surface area contributed by atoms with Crippen LogP contribution in [0.3, 0.4) is 0 Å². The number of carboxylic acid groups (broad SMARTS) is 1. The SMILES string of the molecule is CC(COc1cccc(/C=C/C(=O)O)c1)C(N)=O. The van der Waals surface area contributed by atoms with Crippen molar-refractivity contribution in [3.63, 3.8) is 0 Å². The van der Waals surface area contributed by atoms with E-state index in [9.17, 15) is 9.59 Å². The van der Waals surface area contributed by atoms with Crippen LogP contribution in [-0.2, 0) is 9.59 Å². The van der Waals surface area contributed by atoms with Crippen molar-refractivity contribution >= 4 is 18.0 Å². The maximum atomic E-state index is 10.8. The number of hydrogen-bond acceptors (Lipinski definition) is 3. The maximum Gasteiger partial charge on any atom is 0.328 e. The predicted molar refractivity (Wildman–Crippen MR) is 67.0 cm³/mol. The van der Waals surface area contributed by atoms with E-state index in [1.165, 1.54) is 6.08 Å². The molecule has 0 aromatic heterocycles. The van der Waals surface area contributed by atoms with Gasteiger partial charge in [0.25, 0.3) is 0 Å². The summed E-state index contributed by atoms with van der Waals surface area (Å²) in [6, 6.07) is 6.91. The second-order valence-corrected chi connectivity index (χ2v) is 3.86. The molecule has 5 nitrogen and oxygen atoms in total. The lowest BCUT2D eigenvalue weighted by Gasteiger charge is -2.10. The summed E-state index contributed by atoms with van der Waals surface area (Å²) in [5.41, 5.74) is 5.83. The number of nitrogens with two attached hydrogens (primary N) is 1. The van der Waals surface area contributed by atoms with Gasteiger partial charge in [-0.1, -0.05) is 19.1 Å². The molecule has 0 radical (unpaired) electrons. The summed E-state index contributed by atoms with van der Waals surface area (Å²) in [6.45, 7) is 1.87. The Morgan fingerprint density at radius 1 is 1.50 bits per heavy atom. The van der Waals surface area contributed by atoms with E-state index in [0.29, 0.717) is 11.3 Å². The molecule has 0 saturated carbocycles. The molecule has 1 unspecified atom stereocenters. The topological polar surface area (TPSA) is 89.6 Å². The first-order chi connectivity index (χ1) is 8.49. The highest BCUT2D eigenvalue weighted by Crippen LogP contribution is 2.15. The minimum Gasteiger partial charge on any atom is -0.493 e. The number of carbonyl (C=O) groups is 2. The van der Waals surface area contributed by atoms with Gasteiger partial charge in [-0.15, -0.1) is 0 Å². The van der Waals surface area contributed by atoms with Crippen molar-refractivity contribution in [2.24, 2.45) is 11.7 Å². The molecule has 0 aliphatic rings. The van der Waals surface area contributed by atoms with Crippen LogP contribution in [-0.4, -0.2) is 23.6 Å². The minimum atomic E-state index is -1.01. The summed E-state index contributed by atoms with van der Waals surface area (Å²) in [4.78, 5) is 21.2. The van der Waals surface area contributed by atoms with Crippen LogP contribution < -0.4 is 10.5 Å². The molecular formula is C13H15NO4. The third kappa shape index (κ3) is 4.69. The first-order valence-corrected chi connectivity index (χ1v) is 5.42. The Morgan fingerprint density at radius 2 is 2.22 bits per heavy atom. The molecule has 1 aromatic rings. The van der Waals surface area contributed by atoms with Gasteiger partial charge in [0.05, 0.1) is 12.5 Å². The summed E-state index contributed by atoms with van der Waals surface area (Å²) in [7, 11) is 0. The largest absolute Gasteiger partial charge is 0.493 e. The zero-order chi connectivity index (χ0) is 13.5. The molecule has 3 N–H and O–H groups in total. The second kappa shape index (κ2) is 6.44. The van der Waals surface area contributed by atoms with Crippen LogP contribution in [0.4, 0.5) is 0 Å². The molecule has 0 heterocycles. The highest BCUT2D eigenvalue weighted by molar-refractivity contribution is 5.85. The predicted octanol–water partition coefficient (Wildman–Crippen LogP) is 1.28. The molecule has 18 heavy (non-hydrogen) atoms. The number of primary amides is 1. The molecule has 96 valence electrons. The Hall–Kier alpha value is -2.30. The van der Waals surface area contributed by atoms with Gasteiger partial charge >= 0.3 is 5.97 Å². The number of carboxylic acids is 1. The average Bonchev–Trinajstić information content (AvgIpc) is 2.33. The zero-order valence-corrected chi connectivity index (χ0v) is 10.00. The fourth-order valence-corrected chi connectivity index (χ4v) is 1.18. The summed E-state index contributed by atoms with van der Waals surface area (Å²) in [6.07, 6.45) is 2.51. The van der Waals surface area contributed by atoms with Crippen molar-refractivity contribution in [2.45, 2.75) is 6.92 Å². The fourth-order valence-electron chi connectivity index (χ4n) is 1.18. The van der Waals surface area contributed by atoms with Gasteiger partial charge in [0.15, 0.2) is 0 Å². The average molecular weight is 249 g/mol. The van der Waals surface area contributed by atoms with E-state index in [1.807, 2.05) is 0 Å². The summed E-state index contributed by atoms with van der Waals surface area (Å²) >= 11 is 0. The van der Waals surface area contributed by atoms with Crippen molar-refractivity contribution in [2.75, 3.05) is 6.61 Å². The van der Waals surface area contributed by atoms with Gasteiger partial charge in [0.2, 0.25) is 5.91 Å². The quantitative estimate of drug-likeness (QED) is 0.743. The summed E-state index contributed by atoms with van der Waals surface area (Å²) in [5, 5.41) is 8.51. The highest BCUT2D eigenvalue weighted by Gasteiger charge is 2.09. The van der Waals surface area contributed by atoms with Gasteiger partial charge in [0, 0.05) is 6.08 Å². The molecule has 5 heteroatoms. The highest BCUT2D eigenvalue weighted by atomic mass is 16.5. The van der Waals surface area contributed by atoms with Crippen LogP contribution in [0.5, 0.6) is 5.75 Å². The van der Waals surface area contributed by atoms with Crippen molar-refractivity contribution < 1.29 is 19.4 Å². The van der Waals surface area contributed by atoms with Crippen molar-refractivity contribution in [1.82, 2.24) is 0 Å². The van der Waals surface area contributed by atoms with Crippen molar-refractivity contribution in [3.8, 4) is 5.75 Å². The Morgan fingerprint density at radius 3 is 2.83 bits per heavy atom. The lowest BCUT2D eigenvalue weighted by atomic mass is 10.2. The van der Waals surface area contributed by atoms with Gasteiger partial charge < -0.3 is 15.6 Å². The summed E-state index contributed by atoms with van der Waals surface area (Å²) in [5.74, 6) is -1.24. The van der Waals surface area contributed by atoms with Gasteiger partial charge in [-0.2, -0.15) is 0 Å². The van der Waals surface area contributed by atoms with Gasteiger partial charge in [0.1, 0.15) is 5.75 Å². The first-order valence-electron chi connectivity index (χ1n) is 5.42. The van der Waals surface area contributed by atoms with Crippen LogP contribution in [0.2, 0.25) is 0 Å². The van der Waals surface area contributed by atoms with E-state index >= 15 is 0 Å². The second-order valence-electron chi connectivity index (χ2n) is 3.86. The van der Waals surface area contributed by atoms with Crippen molar-refractivity contribution in [1.29, 1.82) is 0 Å². The third-order valence-electron chi connectivity index (χ3n) is 2.26. The molecule has 1 atom stereocenters. The maximum absolute atomic E-state index is 10.8. The molecule has 1 amide bonds. The fraction of sp³-hybridized carbons (Fsp3) is 0.231. The van der Waals surface area contributed by atoms with E-state index in [2.05, 4.69) is 0 Å². The standard InChI is InChI=1S/C13H15NO4/c1-9(13(14)17)8-18-11-4-2-3-10(7-11)5-6-12(15)16/h2-7,9H,8H2,1H3,(H2,14,17)(H,15,16)/b6-5+. The third-order valence-corrected chi connectivity index (χ3v) is 2.26. The molecule has 0 bridgehead atoms. The van der Waals surface area contributed by atoms with Gasteiger partial charge in [-0.3, -0.25) is 4.79 Å². The molecule has 0 aliphatic carbocycles. The smallest absolute Gasteiger partial charge is 0.328 e. The lowest BCUT2D eigenvalue weighted by Crippen LogP contribution is -2.25. The zero-order valence-electron chi connectivity index (χ0n) is 10.00. The molecule has 1 rings (SSSR count). The normalized spacial score (nSPS) is 12.3. The van der Waals surface area contributed by atoms with Crippen LogP contribution >= 0.6 is 0 Å². The number of ether oxygens (including phenoxy) is 1. The summed E-state index contributed by atoms with van der Waals surface area (Å²) < 4.78 is 5.39. The number of hydrogen-bond donors (Lipinski definition) is 2. The molecule has 1 aromatic carbocycles. The van der Waals surface area contributed by atoms with E-state index in [1.54, 1.807) is 31.2 Å². The molecular weight excluding hydrogens is 234 g/mol. The van der Waals surface area contributed by atoms with E-state index in [4.69, 9.17) is 15.6 Å². The number of benzene rings is 1. The van der Waals surface area contributed by atoms with Gasteiger partial charge in [-0.05, 0) is 23.8 Å². The number of aliphatic carboxylic acids is 1. The Labute approximate surface area is 105 Å². The van der Waals surface area contributed by atoms with Crippen LogP contribution in [0.1, 0.15) is 12.5 Å². The Balaban J connectivity index is 2.65. The monoisotopic (exact) mass is 249 g/mol. The number of rotatable bonds is 6. The van der Waals surface area contributed by atoms with Crippen LogP contribution in [0, 0.1) is 5.92 Å². The van der Waals surface area contributed by atoms with Gasteiger partial charge in [-0.25, -0.2) is 4.79 Å². The number of amides is 1. The van der Waals surface area contributed by atoms with E-state index in [-0.39, 0.29) is 12.5 Å².